The lowest BCUT2D eigenvalue weighted by atomic mass is 10.1. The predicted octanol–water partition coefficient (Wildman–Crippen LogP) is 3.52. The molecular weight excluding hydrogens is 509 g/mol. The van der Waals surface area contributed by atoms with Gasteiger partial charge in [0.25, 0.3) is 11.8 Å². The van der Waals surface area contributed by atoms with Crippen molar-refractivity contribution in [2.24, 2.45) is 4.99 Å². The zero-order chi connectivity index (χ0) is 25.2. The second kappa shape index (κ2) is 10.2. The third-order valence-corrected chi connectivity index (χ3v) is 6.69. The van der Waals surface area contributed by atoms with Crippen LogP contribution in [0.5, 0.6) is 0 Å². The number of piperazine rings is 1. The summed E-state index contributed by atoms with van der Waals surface area (Å²) >= 11 is 7.10. The number of halogens is 2. The summed E-state index contributed by atoms with van der Waals surface area (Å²) in [5.74, 6) is 0.152. The maximum absolute atomic E-state index is 14.3. The molecule has 0 aliphatic carbocycles. The topological polar surface area (TPSA) is 113 Å². The minimum atomic E-state index is -0.699. The molecule has 1 saturated heterocycles. The van der Waals surface area contributed by atoms with E-state index in [0.717, 1.165) is 4.73 Å². The van der Waals surface area contributed by atoms with E-state index in [1.807, 2.05) is 6.07 Å². The fraction of sp³-hybridized carbons (Fsp3) is 0.261. The molecular formula is C23H21ClFN7O3S. The van der Waals surface area contributed by atoms with Crippen LogP contribution in [-0.4, -0.2) is 66.9 Å². The Balaban J connectivity index is 1.34. The number of carbonyl (C=O) groups is 1. The van der Waals surface area contributed by atoms with Gasteiger partial charge in [-0.1, -0.05) is 22.8 Å². The SMILES string of the molecule is Cc1noc(-c2cc(CN3CCN(C(=O)c4cccc(Cl)c4F)CC3)nc(/N=c3\sccn3O)c2)n1. The highest BCUT2D eigenvalue weighted by molar-refractivity contribution is 7.07. The molecule has 4 heterocycles. The van der Waals surface area contributed by atoms with E-state index in [2.05, 4.69) is 25.0 Å². The van der Waals surface area contributed by atoms with Crippen molar-refractivity contribution < 1.29 is 18.9 Å². The Morgan fingerprint density at radius 2 is 2.06 bits per heavy atom. The van der Waals surface area contributed by atoms with Crippen LogP contribution in [0.1, 0.15) is 21.9 Å². The number of hydrogen-bond acceptors (Lipinski definition) is 9. The third-order valence-electron chi connectivity index (χ3n) is 5.65. The maximum atomic E-state index is 14.3. The van der Waals surface area contributed by atoms with Gasteiger partial charge in [0.1, 0.15) is 0 Å². The van der Waals surface area contributed by atoms with Crippen molar-refractivity contribution in [3.8, 4) is 11.5 Å². The summed E-state index contributed by atoms with van der Waals surface area (Å²) in [6.07, 6.45) is 1.49. The fourth-order valence-corrected chi connectivity index (χ4v) is 4.66. The molecule has 0 unspecified atom stereocenters. The summed E-state index contributed by atoms with van der Waals surface area (Å²) in [4.78, 5) is 30.3. The lowest BCUT2D eigenvalue weighted by Gasteiger charge is -2.34. The zero-order valence-corrected chi connectivity index (χ0v) is 20.7. The minimum absolute atomic E-state index is 0.0267. The Hall–Kier alpha value is -3.61. The van der Waals surface area contributed by atoms with E-state index in [-0.39, 0.29) is 16.5 Å². The van der Waals surface area contributed by atoms with E-state index in [1.165, 1.54) is 29.7 Å². The van der Waals surface area contributed by atoms with Crippen LogP contribution in [0.2, 0.25) is 5.02 Å². The number of carbonyl (C=O) groups excluding carboxylic acids is 1. The van der Waals surface area contributed by atoms with Crippen LogP contribution in [0.3, 0.4) is 0 Å². The van der Waals surface area contributed by atoms with Crippen LogP contribution in [0.25, 0.3) is 11.5 Å². The largest absolute Gasteiger partial charge is 0.426 e. The second-order valence-electron chi connectivity index (χ2n) is 8.16. The number of aryl methyl sites for hydroxylation is 1. The van der Waals surface area contributed by atoms with Gasteiger partial charge in [-0.05, 0) is 31.2 Å². The molecule has 0 saturated carbocycles. The summed E-state index contributed by atoms with van der Waals surface area (Å²) in [5, 5.41) is 15.4. The number of amides is 1. The van der Waals surface area contributed by atoms with Crippen molar-refractivity contribution in [3.63, 3.8) is 0 Å². The molecule has 0 atom stereocenters. The first kappa shape index (κ1) is 24.1. The monoisotopic (exact) mass is 529 g/mol. The van der Waals surface area contributed by atoms with Gasteiger partial charge in [0.05, 0.1) is 22.5 Å². The molecule has 1 fully saturated rings. The quantitative estimate of drug-likeness (QED) is 0.393. The molecule has 3 aromatic heterocycles. The number of pyridine rings is 1. The van der Waals surface area contributed by atoms with E-state index < -0.39 is 5.82 Å². The molecule has 4 aromatic rings. The first-order valence-electron chi connectivity index (χ1n) is 11.0. The zero-order valence-electron chi connectivity index (χ0n) is 19.1. The van der Waals surface area contributed by atoms with Gasteiger partial charge in [-0.15, -0.1) is 11.3 Å². The molecule has 1 N–H and O–H groups in total. The van der Waals surface area contributed by atoms with Crippen molar-refractivity contribution in [1.29, 1.82) is 0 Å². The number of benzene rings is 1. The van der Waals surface area contributed by atoms with E-state index in [0.29, 0.717) is 66.3 Å². The molecule has 1 aliphatic rings. The van der Waals surface area contributed by atoms with E-state index >= 15 is 0 Å². The number of hydrogen-bond donors (Lipinski definition) is 1. The summed E-state index contributed by atoms with van der Waals surface area (Å²) in [6, 6.07) is 7.99. The highest BCUT2D eigenvalue weighted by atomic mass is 35.5. The van der Waals surface area contributed by atoms with Crippen LogP contribution < -0.4 is 4.80 Å². The molecule has 13 heteroatoms. The molecule has 5 rings (SSSR count). The van der Waals surface area contributed by atoms with Crippen LogP contribution in [0, 0.1) is 12.7 Å². The van der Waals surface area contributed by atoms with Gasteiger partial charge in [0.15, 0.2) is 17.5 Å². The van der Waals surface area contributed by atoms with Crippen molar-refractivity contribution in [3.05, 3.63) is 74.6 Å². The molecule has 1 amide bonds. The third kappa shape index (κ3) is 5.15. The van der Waals surface area contributed by atoms with Crippen molar-refractivity contribution in [2.75, 3.05) is 26.2 Å². The summed E-state index contributed by atoms with van der Waals surface area (Å²) in [5.41, 5.74) is 1.34. The standard InChI is InChI=1S/C23H21ClFN7O3S/c1-14-26-21(35-29-14)15-11-16(27-19(12-15)28-23-32(34)9-10-36-23)13-30-5-7-31(8-6-30)22(33)17-3-2-4-18(24)20(17)25/h2-4,9-12,34H,5-8,13H2,1H3/b28-23-. The highest BCUT2D eigenvalue weighted by Gasteiger charge is 2.25. The fourth-order valence-electron chi connectivity index (χ4n) is 3.87. The summed E-state index contributed by atoms with van der Waals surface area (Å²) in [7, 11) is 0. The Morgan fingerprint density at radius 1 is 1.25 bits per heavy atom. The van der Waals surface area contributed by atoms with Crippen LogP contribution in [0.15, 0.2) is 51.4 Å². The van der Waals surface area contributed by atoms with Gasteiger partial charge < -0.3 is 14.6 Å². The Bertz CT molecular complexity index is 1480. The van der Waals surface area contributed by atoms with Crippen molar-refractivity contribution >= 4 is 34.7 Å². The van der Waals surface area contributed by atoms with E-state index in [4.69, 9.17) is 16.1 Å². The smallest absolute Gasteiger partial charge is 0.258 e. The lowest BCUT2D eigenvalue weighted by Crippen LogP contribution is -2.48. The van der Waals surface area contributed by atoms with Crippen LogP contribution in [-0.2, 0) is 6.54 Å². The molecule has 36 heavy (non-hydrogen) atoms. The van der Waals surface area contributed by atoms with Crippen LogP contribution in [0.4, 0.5) is 10.2 Å². The Morgan fingerprint density at radius 3 is 2.75 bits per heavy atom. The van der Waals surface area contributed by atoms with E-state index in [1.54, 1.807) is 29.3 Å². The molecule has 186 valence electrons. The molecule has 0 bridgehead atoms. The first-order chi connectivity index (χ1) is 17.4. The van der Waals surface area contributed by atoms with Crippen molar-refractivity contribution in [1.82, 2.24) is 29.7 Å². The number of aromatic nitrogens is 4. The normalized spacial score (nSPS) is 15.0. The molecule has 0 spiro atoms. The molecule has 1 aromatic carbocycles. The first-order valence-corrected chi connectivity index (χ1v) is 12.3. The van der Waals surface area contributed by atoms with Gasteiger partial charge >= 0.3 is 0 Å². The number of nitrogens with zero attached hydrogens (tertiary/aromatic N) is 7. The minimum Gasteiger partial charge on any atom is -0.426 e. The summed E-state index contributed by atoms with van der Waals surface area (Å²) in [6.45, 7) is 4.24. The number of rotatable bonds is 5. The van der Waals surface area contributed by atoms with Gasteiger partial charge in [-0.3, -0.25) is 9.69 Å². The Kier molecular flexibility index (Phi) is 6.81. The average Bonchev–Trinajstić information content (AvgIpc) is 3.49. The van der Waals surface area contributed by atoms with Gasteiger partial charge in [-0.25, -0.2) is 9.37 Å². The molecule has 1 aliphatic heterocycles. The Labute approximate surface area is 213 Å². The molecule has 10 nitrogen and oxygen atoms in total. The average molecular weight is 530 g/mol. The van der Waals surface area contributed by atoms with Crippen LogP contribution >= 0.6 is 22.9 Å². The predicted molar refractivity (Wildman–Crippen MR) is 130 cm³/mol. The molecule has 0 radical (unpaired) electrons. The maximum Gasteiger partial charge on any atom is 0.258 e. The van der Waals surface area contributed by atoms with Crippen molar-refractivity contribution in [2.45, 2.75) is 13.5 Å². The summed E-state index contributed by atoms with van der Waals surface area (Å²) < 4.78 is 20.6. The highest BCUT2D eigenvalue weighted by Crippen LogP contribution is 2.24. The van der Waals surface area contributed by atoms with Gasteiger partial charge in [0, 0.05) is 43.7 Å². The van der Waals surface area contributed by atoms with Gasteiger partial charge in [-0.2, -0.15) is 14.7 Å². The van der Waals surface area contributed by atoms with E-state index in [9.17, 15) is 14.4 Å². The number of thiazole rings is 1. The second-order valence-corrected chi connectivity index (χ2v) is 9.44. The van der Waals surface area contributed by atoms with Gasteiger partial charge in [0.2, 0.25) is 4.80 Å². The lowest BCUT2D eigenvalue weighted by molar-refractivity contribution is 0.0622.